The van der Waals surface area contributed by atoms with Gasteiger partial charge in [0.25, 0.3) is 5.56 Å². The number of amides is 1. The van der Waals surface area contributed by atoms with E-state index >= 15 is 0 Å². The molecular formula is C23H24FN3O2S. The molecule has 5 nitrogen and oxygen atoms in total. The van der Waals surface area contributed by atoms with E-state index < -0.39 is 0 Å². The summed E-state index contributed by atoms with van der Waals surface area (Å²) in [5.74, 6) is -0.339. The average molecular weight is 426 g/mol. The quantitative estimate of drug-likeness (QED) is 0.685. The smallest absolute Gasteiger partial charge is 0.258 e. The Bertz CT molecular complexity index is 1180. The Labute approximate surface area is 178 Å². The van der Waals surface area contributed by atoms with Gasteiger partial charge in [-0.15, -0.1) is 11.3 Å². The predicted molar refractivity (Wildman–Crippen MR) is 118 cm³/mol. The molecule has 7 heteroatoms. The molecule has 2 aromatic heterocycles. The first-order chi connectivity index (χ1) is 14.3. The Morgan fingerprint density at radius 3 is 2.77 bits per heavy atom. The number of thiophene rings is 1. The fourth-order valence-electron chi connectivity index (χ4n) is 3.97. The summed E-state index contributed by atoms with van der Waals surface area (Å²) in [6.07, 6.45) is 0.799. The minimum Gasteiger partial charge on any atom is -0.318 e. The van der Waals surface area contributed by atoms with Gasteiger partial charge in [-0.05, 0) is 53.9 Å². The van der Waals surface area contributed by atoms with Gasteiger partial charge in [0.15, 0.2) is 0 Å². The van der Waals surface area contributed by atoms with Gasteiger partial charge in [-0.2, -0.15) is 0 Å². The molecule has 0 radical (unpaired) electrons. The Balaban J connectivity index is 1.60. The van der Waals surface area contributed by atoms with Crippen molar-refractivity contribution in [1.29, 1.82) is 0 Å². The lowest BCUT2D eigenvalue weighted by atomic mass is 9.98. The van der Waals surface area contributed by atoms with Gasteiger partial charge in [-0.25, -0.2) is 4.39 Å². The molecule has 4 rings (SSSR count). The van der Waals surface area contributed by atoms with Crippen LogP contribution in [0.15, 0.2) is 41.2 Å². The predicted octanol–water partition coefficient (Wildman–Crippen LogP) is 4.08. The third-order valence-electron chi connectivity index (χ3n) is 5.50. The third kappa shape index (κ3) is 4.08. The minimum atomic E-state index is -0.269. The van der Waals surface area contributed by atoms with Gasteiger partial charge in [0, 0.05) is 56.2 Å². The number of hydrogen-bond donors (Lipinski definition) is 1. The van der Waals surface area contributed by atoms with E-state index in [9.17, 15) is 14.0 Å². The Hall–Kier alpha value is -2.77. The van der Waals surface area contributed by atoms with Crippen LogP contribution in [0.4, 0.5) is 9.39 Å². The highest BCUT2D eigenvalue weighted by atomic mass is 32.1. The first-order valence-corrected chi connectivity index (χ1v) is 10.7. The van der Waals surface area contributed by atoms with Crippen LogP contribution in [-0.4, -0.2) is 21.9 Å². The van der Waals surface area contributed by atoms with Crippen LogP contribution in [-0.2, 0) is 31.4 Å². The fraction of sp³-hybridized carbons (Fsp3) is 0.304. The van der Waals surface area contributed by atoms with Gasteiger partial charge < -0.3 is 9.88 Å². The van der Waals surface area contributed by atoms with Crippen LogP contribution in [0, 0.1) is 12.7 Å². The molecule has 0 spiro atoms. The van der Waals surface area contributed by atoms with Crippen LogP contribution in [0.25, 0.3) is 11.1 Å². The van der Waals surface area contributed by atoms with Crippen molar-refractivity contribution in [3.05, 3.63) is 74.3 Å². The van der Waals surface area contributed by atoms with Crippen molar-refractivity contribution in [2.24, 2.45) is 7.05 Å². The van der Waals surface area contributed by atoms with Crippen molar-refractivity contribution >= 4 is 22.2 Å². The lowest BCUT2D eigenvalue weighted by molar-refractivity contribution is -0.114. The summed E-state index contributed by atoms with van der Waals surface area (Å²) in [5, 5.41) is 3.68. The molecule has 0 atom stereocenters. The highest BCUT2D eigenvalue weighted by molar-refractivity contribution is 7.16. The number of fused-ring (bicyclic) bond motifs is 1. The summed E-state index contributed by atoms with van der Waals surface area (Å²) in [6, 6.07) is 10.7. The van der Waals surface area contributed by atoms with Gasteiger partial charge >= 0.3 is 0 Å². The number of nitrogens with one attached hydrogen (secondary N) is 1. The molecule has 0 saturated carbocycles. The van der Waals surface area contributed by atoms with Gasteiger partial charge in [-0.3, -0.25) is 14.5 Å². The van der Waals surface area contributed by atoms with Crippen molar-refractivity contribution in [1.82, 2.24) is 9.47 Å². The fourth-order valence-corrected chi connectivity index (χ4v) is 4.96. The maximum Gasteiger partial charge on any atom is 0.258 e. The maximum atomic E-state index is 13.7. The van der Waals surface area contributed by atoms with Crippen LogP contribution in [0.3, 0.4) is 0 Å². The molecule has 1 aliphatic heterocycles. The number of carbonyl (C=O) groups excluding carboxylic acids is 1. The number of halogens is 1. The van der Waals surface area contributed by atoms with E-state index in [2.05, 4.69) is 10.2 Å². The topological polar surface area (TPSA) is 54.3 Å². The zero-order chi connectivity index (χ0) is 21.4. The number of anilines is 1. The van der Waals surface area contributed by atoms with E-state index in [1.807, 2.05) is 25.2 Å². The van der Waals surface area contributed by atoms with Crippen LogP contribution in [0.2, 0.25) is 0 Å². The molecule has 0 bridgehead atoms. The van der Waals surface area contributed by atoms with E-state index in [0.29, 0.717) is 11.1 Å². The molecule has 1 aromatic carbocycles. The minimum absolute atomic E-state index is 0.0496. The van der Waals surface area contributed by atoms with Crippen LogP contribution in [0.1, 0.15) is 28.6 Å². The monoisotopic (exact) mass is 425 g/mol. The molecular weight excluding hydrogens is 401 g/mol. The molecule has 1 N–H and O–H groups in total. The third-order valence-corrected chi connectivity index (χ3v) is 6.48. The molecule has 0 aliphatic carbocycles. The standard InChI is InChI=1S/C23H24FN3O2S/c1-14-10-16(4-6-20(14)24)19-11-17-12-27(9-8-21(17)26(3)23(19)29)13-18-5-7-22(30-18)25-15(2)28/h4-7,10-11H,8-9,12-13H2,1-3H3,(H,25,28). The van der Waals surface area contributed by atoms with Gasteiger partial charge in [0.05, 0.1) is 5.00 Å². The summed E-state index contributed by atoms with van der Waals surface area (Å²) in [4.78, 5) is 27.7. The van der Waals surface area contributed by atoms with Crippen molar-refractivity contribution in [3.8, 4) is 11.1 Å². The molecule has 3 aromatic rings. The van der Waals surface area contributed by atoms with Crippen LogP contribution in [0.5, 0.6) is 0 Å². The second kappa shape index (κ2) is 8.16. The second-order valence-electron chi connectivity index (χ2n) is 7.77. The molecule has 0 unspecified atom stereocenters. The number of benzene rings is 1. The van der Waals surface area contributed by atoms with Crippen molar-refractivity contribution in [2.45, 2.75) is 33.4 Å². The number of pyridine rings is 1. The number of aryl methyl sites for hydroxylation is 1. The molecule has 156 valence electrons. The first kappa shape index (κ1) is 20.5. The lowest BCUT2D eigenvalue weighted by Gasteiger charge is -2.30. The van der Waals surface area contributed by atoms with Gasteiger partial charge in [-0.1, -0.05) is 6.07 Å². The Kier molecular flexibility index (Phi) is 5.58. The molecule has 3 heterocycles. The Morgan fingerprint density at radius 1 is 1.23 bits per heavy atom. The van der Waals surface area contributed by atoms with E-state index in [1.54, 1.807) is 35.0 Å². The van der Waals surface area contributed by atoms with E-state index in [4.69, 9.17) is 0 Å². The second-order valence-corrected chi connectivity index (χ2v) is 8.93. The molecule has 1 aliphatic rings. The summed E-state index contributed by atoms with van der Waals surface area (Å²) in [6.45, 7) is 5.61. The molecule has 0 fully saturated rings. The highest BCUT2D eigenvalue weighted by Crippen LogP contribution is 2.28. The van der Waals surface area contributed by atoms with E-state index in [-0.39, 0.29) is 17.3 Å². The van der Waals surface area contributed by atoms with E-state index in [0.717, 1.165) is 47.9 Å². The first-order valence-electron chi connectivity index (χ1n) is 9.89. The summed E-state index contributed by atoms with van der Waals surface area (Å²) < 4.78 is 15.4. The summed E-state index contributed by atoms with van der Waals surface area (Å²) in [5.41, 5.74) is 4.01. The summed E-state index contributed by atoms with van der Waals surface area (Å²) >= 11 is 1.58. The number of nitrogens with zero attached hydrogens (tertiary/aromatic N) is 2. The zero-order valence-electron chi connectivity index (χ0n) is 17.3. The normalized spacial score (nSPS) is 13.9. The number of hydrogen-bond acceptors (Lipinski definition) is 4. The van der Waals surface area contributed by atoms with Crippen LogP contribution >= 0.6 is 11.3 Å². The number of aromatic nitrogens is 1. The number of carbonyl (C=O) groups is 1. The summed E-state index contributed by atoms with van der Waals surface area (Å²) in [7, 11) is 1.82. The SMILES string of the molecule is CC(=O)Nc1ccc(CN2CCc3c(cc(-c4ccc(F)c(C)c4)c(=O)n3C)C2)s1. The maximum absolute atomic E-state index is 13.7. The average Bonchev–Trinajstić information content (AvgIpc) is 3.12. The van der Waals surface area contributed by atoms with Crippen LogP contribution < -0.4 is 10.9 Å². The van der Waals surface area contributed by atoms with Crippen molar-refractivity contribution in [2.75, 3.05) is 11.9 Å². The Morgan fingerprint density at radius 2 is 2.03 bits per heavy atom. The van der Waals surface area contributed by atoms with Crippen molar-refractivity contribution < 1.29 is 9.18 Å². The zero-order valence-corrected chi connectivity index (χ0v) is 18.1. The van der Waals surface area contributed by atoms with E-state index in [1.165, 1.54) is 17.9 Å². The van der Waals surface area contributed by atoms with Gasteiger partial charge in [0.2, 0.25) is 5.91 Å². The largest absolute Gasteiger partial charge is 0.318 e. The lowest BCUT2D eigenvalue weighted by Crippen LogP contribution is -2.35. The van der Waals surface area contributed by atoms with Crippen molar-refractivity contribution in [3.63, 3.8) is 0 Å². The number of rotatable bonds is 4. The van der Waals surface area contributed by atoms with Gasteiger partial charge in [0.1, 0.15) is 5.82 Å². The molecule has 0 saturated heterocycles. The molecule has 1 amide bonds. The molecule has 30 heavy (non-hydrogen) atoms. The highest BCUT2D eigenvalue weighted by Gasteiger charge is 2.22.